The summed E-state index contributed by atoms with van der Waals surface area (Å²) in [7, 11) is 0. The third kappa shape index (κ3) is 5.84. The van der Waals surface area contributed by atoms with Crippen LogP contribution in [0.25, 0.3) is 98.2 Å². The molecule has 1 unspecified atom stereocenters. The molecule has 0 bridgehead atoms. The summed E-state index contributed by atoms with van der Waals surface area (Å²) in [5, 5.41) is 5.02. The van der Waals surface area contributed by atoms with Gasteiger partial charge in [0, 0.05) is 42.3 Å². The van der Waals surface area contributed by atoms with Crippen LogP contribution in [-0.4, -0.2) is 9.97 Å². The number of thiophene rings is 1. The first kappa shape index (κ1) is 35.5. The van der Waals surface area contributed by atoms with Gasteiger partial charge in [0.1, 0.15) is 0 Å². The molecule has 0 fully saturated rings. The van der Waals surface area contributed by atoms with E-state index in [1.54, 1.807) is 0 Å². The maximum Gasteiger partial charge on any atom is 0.160 e. The van der Waals surface area contributed by atoms with E-state index >= 15 is 0 Å². The molecule has 0 radical (unpaired) electrons. The number of benzene rings is 9. The predicted molar refractivity (Wildman–Crippen MR) is 257 cm³/mol. The average molecular weight is 795 g/mol. The van der Waals surface area contributed by atoms with E-state index in [2.05, 4.69) is 213 Å². The van der Waals surface area contributed by atoms with Crippen LogP contribution in [-0.2, 0) is 5.41 Å². The lowest BCUT2D eigenvalue weighted by atomic mass is 9.74. The highest BCUT2D eigenvalue weighted by Crippen LogP contribution is 2.55. The summed E-state index contributed by atoms with van der Waals surface area (Å²) < 4.78 is 2.60. The standard InChI is InChI=1S/C58H38N2S/c1-58(45-19-6-3-7-20-45)50-24-12-10-22-47(50)56-48(23-14-25-51(56)58)53-36-52(59-57(60-53)38-16-4-2-5-17-38)44-33-42(40-28-27-37-15-8-9-18-39(37)31-40)32-43(34-44)41-29-30-55-49(35-41)46-21-11-13-26-54(46)61-55/h2-36H,1H3. The zero-order valence-corrected chi connectivity index (χ0v) is 34.3. The second kappa shape index (κ2) is 14.1. The molecule has 12 rings (SSSR count). The molecule has 3 heteroatoms. The quantitative estimate of drug-likeness (QED) is 0.168. The van der Waals surface area contributed by atoms with Crippen molar-refractivity contribution < 1.29 is 0 Å². The molecule has 0 saturated carbocycles. The Morgan fingerprint density at radius 1 is 0.377 bits per heavy atom. The molecule has 0 spiro atoms. The minimum absolute atomic E-state index is 0.320. The van der Waals surface area contributed by atoms with Crippen molar-refractivity contribution in [3.05, 3.63) is 229 Å². The van der Waals surface area contributed by atoms with E-state index < -0.39 is 0 Å². The van der Waals surface area contributed by atoms with E-state index in [0.29, 0.717) is 5.82 Å². The molecule has 0 saturated heterocycles. The number of hydrogen-bond donors (Lipinski definition) is 0. The summed E-state index contributed by atoms with van der Waals surface area (Å²) in [5.41, 5.74) is 15.6. The zero-order chi connectivity index (χ0) is 40.5. The fraction of sp³-hybridized carbons (Fsp3) is 0.0345. The molecule has 11 aromatic rings. The smallest absolute Gasteiger partial charge is 0.160 e. The highest BCUT2D eigenvalue weighted by atomic mass is 32.1. The molecular weight excluding hydrogens is 757 g/mol. The van der Waals surface area contributed by atoms with E-state index in [0.717, 1.165) is 39.2 Å². The van der Waals surface area contributed by atoms with Gasteiger partial charge in [-0.25, -0.2) is 9.97 Å². The maximum absolute atomic E-state index is 5.41. The van der Waals surface area contributed by atoms with Crippen LogP contribution in [0, 0.1) is 0 Å². The number of rotatable bonds is 6. The first-order valence-corrected chi connectivity index (χ1v) is 21.7. The van der Waals surface area contributed by atoms with Gasteiger partial charge in [0.2, 0.25) is 0 Å². The topological polar surface area (TPSA) is 25.8 Å². The van der Waals surface area contributed by atoms with Gasteiger partial charge >= 0.3 is 0 Å². The Balaban J connectivity index is 1.10. The van der Waals surface area contributed by atoms with Gasteiger partial charge in [0.25, 0.3) is 0 Å². The SMILES string of the molecule is CC1(c2ccccc2)c2ccccc2-c2c(-c3cc(-c4cc(-c5ccc6ccccc6c5)cc(-c5ccc6sc7ccccc7c6c5)c4)nc(-c4ccccc4)n3)cccc21. The Bertz CT molecular complexity index is 3490. The van der Waals surface area contributed by atoms with Crippen LogP contribution in [0.2, 0.25) is 0 Å². The second-order valence-electron chi connectivity index (χ2n) is 16.3. The van der Waals surface area contributed by atoms with Gasteiger partial charge in [0.15, 0.2) is 5.82 Å². The van der Waals surface area contributed by atoms with Crippen LogP contribution in [0.15, 0.2) is 212 Å². The monoisotopic (exact) mass is 794 g/mol. The fourth-order valence-electron chi connectivity index (χ4n) is 9.67. The third-order valence-corrected chi connectivity index (χ3v) is 13.9. The van der Waals surface area contributed by atoms with Crippen molar-refractivity contribution in [3.63, 3.8) is 0 Å². The molecule has 1 aliphatic rings. The molecule has 1 atom stereocenters. The van der Waals surface area contributed by atoms with Crippen LogP contribution in [0.1, 0.15) is 23.6 Å². The summed E-state index contributed by atoms with van der Waals surface area (Å²) in [6, 6.07) is 77.2. The fourth-order valence-corrected chi connectivity index (χ4v) is 10.8. The number of hydrogen-bond acceptors (Lipinski definition) is 3. The Kier molecular flexibility index (Phi) is 8.19. The lowest BCUT2D eigenvalue weighted by molar-refractivity contribution is 0.714. The largest absolute Gasteiger partial charge is 0.228 e. The summed E-state index contributed by atoms with van der Waals surface area (Å²) >= 11 is 1.85. The van der Waals surface area contributed by atoms with E-state index in [1.165, 1.54) is 69.9 Å². The van der Waals surface area contributed by atoms with Crippen molar-refractivity contribution >= 4 is 42.3 Å². The van der Waals surface area contributed by atoms with Crippen LogP contribution < -0.4 is 0 Å². The summed E-state index contributed by atoms with van der Waals surface area (Å²) in [5.74, 6) is 0.701. The molecule has 1 aliphatic carbocycles. The van der Waals surface area contributed by atoms with Gasteiger partial charge < -0.3 is 0 Å². The first-order chi connectivity index (χ1) is 30.1. The molecule has 0 amide bonds. The van der Waals surface area contributed by atoms with Crippen molar-refractivity contribution in [3.8, 4) is 67.3 Å². The minimum atomic E-state index is -0.320. The predicted octanol–water partition coefficient (Wildman–Crippen LogP) is 15.7. The summed E-state index contributed by atoms with van der Waals surface area (Å²) in [4.78, 5) is 10.8. The van der Waals surface area contributed by atoms with Gasteiger partial charge in [-0.1, -0.05) is 164 Å². The minimum Gasteiger partial charge on any atom is -0.228 e. The highest BCUT2D eigenvalue weighted by Gasteiger charge is 2.41. The highest BCUT2D eigenvalue weighted by molar-refractivity contribution is 7.25. The Hall–Kier alpha value is -7.46. The molecule has 0 N–H and O–H groups in total. The molecule has 2 nitrogen and oxygen atoms in total. The first-order valence-electron chi connectivity index (χ1n) is 20.9. The van der Waals surface area contributed by atoms with Gasteiger partial charge in [0.05, 0.1) is 11.4 Å². The average Bonchev–Trinajstić information content (AvgIpc) is 3.84. The van der Waals surface area contributed by atoms with Crippen molar-refractivity contribution in [1.82, 2.24) is 9.97 Å². The lowest BCUT2D eigenvalue weighted by Gasteiger charge is -2.28. The molecule has 61 heavy (non-hydrogen) atoms. The zero-order valence-electron chi connectivity index (χ0n) is 33.5. The molecule has 286 valence electrons. The van der Waals surface area contributed by atoms with Crippen LogP contribution in [0.3, 0.4) is 0 Å². The van der Waals surface area contributed by atoms with Crippen LogP contribution >= 0.6 is 11.3 Å². The Morgan fingerprint density at radius 2 is 1.00 bits per heavy atom. The van der Waals surface area contributed by atoms with Crippen LogP contribution in [0.5, 0.6) is 0 Å². The van der Waals surface area contributed by atoms with E-state index in [1.807, 2.05) is 17.4 Å². The number of fused-ring (bicyclic) bond motifs is 7. The van der Waals surface area contributed by atoms with E-state index in [-0.39, 0.29) is 5.41 Å². The molecule has 9 aromatic carbocycles. The van der Waals surface area contributed by atoms with Crippen molar-refractivity contribution in [2.45, 2.75) is 12.3 Å². The van der Waals surface area contributed by atoms with E-state index in [4.69, 9.17) is 9.97 Å². The molecule has 2 aromatic heterocycles. The number of aromatic nitrogens is 2. The van der Waals surface area contributed by atoms with Crippen LogP contribution in [0.4, 0.5) is 0 Å². The molecule has 0 aliphatic heterocycles. The molecular formula is C58H38N2S. The van der Waals surface area contributed by atoms with E-state index in [9.17, 15) is 0 Å². The second-order valence-corrected chi connectivity index (χ2v) is 17.3. The van der Waals surface area contributed by atoms with Crippen molar-refractivity contribution in [1.29, 1.82) is 0 Å². The Morgan fingerprint density at radius 3 is 1.85 bits per heavy atom. The van der Waals surface area contributed by atoms with Gasteiger partial charge in [-0.05, 0) is 116 Å². The summed E-state index contributed by atoms with van der Waals surface area (Å²) in [6.45, 7) is 2.37. The van der Waals surface area contributed by atoms with Gasteiger partial charge in [-0.2, -0.15) is 0 Å². The number of nitrogens with zero attached hydrogens (tertiary/aromatic N) is 2. The molecule has 2 heterocycles. The van der Waals surface area contributed by atoms with Crippen molar-refractivity contribution in [2.24, 2.45) is 0 Å². The van der Waals surface area contributed by atoms with Gasteiger partial charge in [-0.15, -0.1) is 11.3 Å². The maximum atomic E-state index is 5.41. The lowest BCUT2D eigenvalue weighted by Crippen LogP contribution is -2.22. The normalized spacial score (nSPS) is 14.4. The third-order valence-electron chi connectivity index (χ3n) is 12.7. The van der Waals surface area contributed by atoms with Crippen molar-refractivity contribution in [2.75, 3.05) is 0 Å². The Labute approximate surface area is 359 Å². The van der Waals surface area contributed by atoms with Gasteiger partial charge in [-0.3, -0.25) is 0 Å². The summed E-state index contributed by atoms with van der Waals surface area (Å²) in [6.07, 6.45) is 0.